The van der Waals surface area contributed by atoms with Crippen LogP contribution in [0, 0.1) is 11.8 Å². The molecule has 4 heterocycles. The molecule has 0 amide bonds. The lowest BCUT2D eigenvalue weighted by Crippen LogP contribution is -2.19. The Kier molecular flexibility index (Phi) is 8.36. The van der Waals surface area contributed by atoms with Crippen molar-refractivity contribution >= 4 is 29.7 Å². The number of pyridine rings is 2. The molecule has 0 radical (unpaired) electrons. The SMILES string of the molecule is CCCC1CCSC1c1cccnc1OC(=O)Oc1ncccc1C1SCCC1CCC. The van der Waals surface area contributed by atoms with Crippen LogP contribution >= 0.6 is 23.5 Å². The summed E-state index contributed by atoms with van der Waals surface area (Å²) in [5.74, 6) is 4.14. The molecule has 172 valence electrons. The molecule has 2 aromatic rings. The molecule has 4 atom stereocenters. The molecule has 4 unspecified atom stereocenters. The third-order valence-corrected chi connectivity index (χ3v) is 9.26. The van der Waals surface area contributed by atoms with Crippen LogP contribution in [0.4, 0.5) is 4.79 Å². The molecule has 4 rings (SSSR count). The Morgan fingerprint density at radius 1 is 0.875 bits per heavy atom. The largest absolute Gasteiger partial charge is 0.522 e. The van der Waals surface area contributed by atoms with Crippen molar-refractivity contribution in [2.45, 2.75) is 62.9 Å². The monoisotopic (exact) mass is 472 g/mol. The Hall–Kier alpha value is -1.73. The molecule has 5 nitrogen and oxygen atoms in total. The van der Waals surface area contributed by atoms with E-state index in [9.17, 15) is 4.79 Å². The standard InChI is InChI=1S/C25H32N2O3S2/c1-3-7-17-11-15-31-21(17)19-9-5-13-26-23(19)29-25(28)30-24-20(10-6-14-27-24)22-18(8-4-2)12-16-32-22/h5-6,9-10,13-14,17-18,21-22H,3-4,7-8,11-12,15-16H2,1-2H3. The predicted octanol–water partition coefficient (Wildman–Crippen LogP) is 7.24. The molecule has 2 aliphatic rings. The van der Waals surface area contributed by atoms with Gasteiger partial charge in [0.05, 0.1) is 0 Å². The second-order valence-corrected chi connectivity index (χ2v) is 11.0. The lowest BCUT2D eigenvalue weighted by atomic mass is 9.93. The van der Waals surface area contributed by atoms with E-state index in [0.717, 1.165) is 35.5 Å². The fourth-order valence-electron chi connectivity index (χ4n) is 4.88. The highest BCUT2D eigenvalue weighted by Crippen LogP contribution is 2.50. The second-order valence-electron chi connectivity index (χ2n) is 8.51. The van der Waals surface area contributed by atoms with Crippen molar-refractivity contribution in [3.05, 3.63) is 47.8 Å². The summed E-state index contributed by atoms with van der Waals surface area (Å²) in [5, 5.41) is 0.614. The van der Waals surface area contributed by atoms with E-state index in [1.807, 2.05) is 47.8 Å². The number of thioether (sulfide) groups is 2. The van der Waals surface area contributed by atoms with Gasteiger partial charge in [0.25, 0.3) is 0 Å². The summed E-state index contributed by atoms with van der Waals surface area (Å²) in [4.78, 5) is 21.5. The van der Waals surface area contributed by atoms with Crippen LogP contribution < -0.4 is 9.47 Å². The summed E-state index contributed by atoms with van der Waals surface area (Å²) in [7, 11) is 0. The molecule has 7 heteroatoms. The maximum atomic E-state index is 12.8. The van der Waals surface area contributed by atoms with Gasteiger partial charge in [-0.05, 0) is 61.2 Å². The number of aromatic nitrogens is 2. The van der Waals surface area contributed by atoms with Gasteiger partial charge in [0.2, 0.25) is 11.8 Å². The number of ether oxygens (including phenoxy) is 2. The minimum atomic E-state index is -0.769. The Morgan fingerprint density at radius 2 is 1.34 bits per heavy atom. The number of nitrogens with zero attached hydrogens (tertiary/aromatic N) is 2. The van der Waals surface area contributed by atoms with Gasteiger partial charge in [0.1, 0.15) is 0 Å². The molecule has 32 heavy (non-hydrogen) atoms. The van der Waals surface area contributed by atoms with Gasteiger partial charge in [-0.3, -0.25) is 0 Å². The molecule has 0 N–H and O–H groups in total. The quantitative estimate of drug-likeness (QED) is 0.375. The van der Waals surface area contributed by atoms with Crippen molar-refractivity contribution in [1.29, 1.82) is 0 Å². The van der Waals surface area contributed by atoms with Gasteiger partial charge >= 0.3 is 6.16 Å². The zero-order valence-corrected chi connectivity index (χ0v) is 20.5. The Morgan fingerprint density at radius 3 is 1.78 bits per heavy atom. The smallest absolute Gasteiger partial charge is 0.375 e. The zero-order chi connectivity index (χ0) is 22.3. The average molecular weight is 473 g/mol. The first-order valence-electron chi connectivity index (χ1n) is 11.7. The highest BCUT2D eigenvalue weighted by molar-refractivity contribution is 8.00. The molecule has 2 aliphatic heterocycles. The first-order chi connectivity index (χ1) is 15.7. The van der Waals surface area contributed by atoms with Crippen LogP contribution in [0.25, 0.3) is 0 Å². The summed E-state index contributed by atoms with van der Waals surface area (Å²) in [5.41, 5.74) is 1.97. The Bertz CT molecular complexity index is 839. The number of hydrogen-bond donors (Lipinski definition) is 0. The van der Waals surface area contributed by atoms with E-state index in [1.54, 1.807) is 12.4 Å². The molecule has 0 aliphatic carbocycles. The molecule has 0 spiro atoms. The first-order valence-corrected chi connectivity index (χ1v) is 13.8. The van der Waals surface area contributed by atoms with Crippen LogP contribution in [0.1, 0.15) is 74.0 Å². The van der Waals surface area contributed by atoms with Crippen LogP contribution in [0.5, 0.6) is 11.8 Å². The second kappa shape index (κ2) is 11.4. The van der Waals surface area contributed by atoms with Gasteiger partial charge in [0.15, 0.2) is 0 Å². The van der Waals surface area contributed by atoms with Crippen molar-refractivity contribution in [3.63, 3.8) is 0 Å². The third kappa shape index (κ3) is 5.42. The van der Waals surface area contributed by atoms with Gasteiger partial charge < -0.3 is 9.47 Å². The van der Waals surface area contributed by atoms with E-state index in [-0.39, 0.29) is 0 Å². The molecule has 2 saturated heterocycles. The van der Waals surface area contributed by atoms with Crippen molar-refractivity contribution < 1.29 is 14.3 Å². The maximum Gasteiger partial charge on any atom is 0.522 e. The number of hydrogen-bond acceptors (Lipinski definition) is 7. The highest BCUT2D eigenvalue weighted by atomic mass is 32.2. The topological polar surface area (TPSA) is 61.3 Å². The molecule has 0 aromatic carbocycles. The van der Waals surface area contributed by atoms with Crippen LogP contribution in [0.3, 0.4) is 0 Å². The number of rotatable bonds is 8. The highest BCUT2D eigenvalue weighted by Gasteiger charge is 2.33. The molecule has 0 bridgehead atoms. The number of carbonyl (C=O) groups excluding carboxylic acids is 1. The lowest BCUT2D eigenvalue weighted by Gasteiger charge is -2.21. The fourth-order valence-corrected chi connectivity index (χ4v) is 8.07. The van der Waals surface area contributed by atoms with Crippen LogP contribution in [0.15, 0.2) is 36.7 Å². The number of carbonyl (C=O) groups is 1. The van der Waals surface area contributed by atoms with Crippen molar-refractivity contribution in [1.82, 2.24) is 9.97 Å². The minimum absolute atomic E-state index is 0.307. The van der Waals surface area contributed by atoms with Gasteiger partial charge in [0, 0.05) is 34.0 Å². The average Bonchev–Trinajstić information content (AvgIpc) is 3.45. The van der Waals surface area contributed by atoms with E-state index < -0.39 is 6.16 Å². The molecule has 2 fully saturated rings. The zero-order valence-electron chi connectivity index (χ0n) is 18.9. The summed E-state index contributed by atoms with van der Waals surface area (Å²) >= 11 is 3.85. The first kappa shape index (κ1) is 23.4. The Labute approximate surface area is 199 Å². The van der Waals surface area contributed by atoms with E-state index in [2.05, 4.69) is 23.8 Å². The minimum Gasteiger partial charge on any atom is -0.375 e. The van der Waals surface area contributed by atoms with Crippen molar-refractivity contribution in [2.24, 2.45) is 11.8 Å². The van der Waals surface area contributed by atoms with Crippen molar-refractivity contribution in [3.8, 4) is 11.8 Å². The summed E-state index contributed by atoms with van der Waals surface area (Å²) in [6.07, 6.45) is 9.59. The maximum absolute atomic E-state index is 12.8. The van der Waals surface area contributed by atoms with Crippen molar-refractivity contribution in [2.75, 3.05) is 11.5 Å². The predicted molar refractivity (Wildman–Crippen MR) is 132 cm³/mol. The Balaban J connectivity index is 1.49. The van der Waals surface area contributed by atoms with Crippen LogP contribution in [0.2, 0.25) is 0 Å². The molecule has 0 saturated carbocycles. The normalized spacial score (nSPS) is 25.1. The third-order valence-electron chi connectivity index (χ3n) is 6.32. The van der Waals surface area contributed by atoms with E-state index >= 15 is 0 Å². The van der Waals surface area contributed by atoms with E-state index in [4.69, 9.17) is 9.47 Å². The molecule has 2 aromatic heterocycles. The van der Waals surface area contributed by atoms with Gasteiger partial charge in [-0.1, -0.05) is 38.8 Å². The molecular weight excluding hydrogens is 440 g/mol. The van der Waals surface area contributed by atoms with Crippen LogP contribution in [-0.4, -0.2) is 27.6 Å². The van der Waals surface area contributed by atoms with Gasteiger partial charge in [-0.2, -0.15) is 23.5 Å². The fraction of sp³-hybridized carbons (Fsp3) is 0.560. The summed E-state index contributed by atoms with van der Waals surface area (Å²) < 4.78 is 11.3. The summed E-state index contributed by atoms with van der Waals surface area (Å²) in [6, 6.07) is 7.88. The summed E-state index contributed by atoms with van der Waals surface area (Å²) in [6.45, 7) is 4.44. The van der Waals surface area contributed by atoms with Gasteiger partial charge in [-0.15, -0.1) is 0 Å². The van der Waals surface area contributed by atoms with Crippen LogP contribution in [-0.2, 0) is 0 Å². The molecular formula is C25H32N2O3S2. The van der Waals surface area contributed by atoms with E-state index in [1.165, 1.54) is 25.7 Å². The lowest BCUT2D eigenvalue weighted by molar-refractivity contribution is 0.146. The van der Waals surface area contributed by atoms with E-state index in [0.29, 0.717) is 34.1 Å². The van der Waals surface area contributed by atoms with Gasteiger partial charge in [-0.25, -0.2) is 14.8 Å².